The van der Waals surface area contributed by atoms with Crippen LogP contribution in [0.2, 0.25) is 5.02 Å². The zero-order chi connectivity index (χ0) is 16.4. The number of nitrogens with one attached hydrogen (secondary N) is 2. The summed E-state index contributed by atoms with van der Waals surface area (Å²) >= 11 is 6.04. The van der Waals surface area contributed by atoms with Gasteiger partial charge in [0.2, 0.25) is 0 Å². The highest BCUT2D eigenvalue weighted by molar-refractivity contribution is 6.32. The molecule has 5 nitrogen and oxygen atoms in total. The molecule has 120 valence electrons. The predicted octanol–water partition coefficient (Wildman–Crippen LogP) is 3.13. The molecule has 0 saturated heterocycles. The number of para-hydroxylation sites is 1. The van der Waals surface area contributed by atoms with Gasteiger partial charge in [-0.2, -0.15) is 0 Å². The van der Waals surface area contributed by atoms with Gasteiger partial charge in [0.05, 0.1) is 30.0 Å². The van der Waals surface area contributed by atoms with E-state index in [0.717, 1.165) is 11.1 Å². The van der Waals surface area contributed by atoms with Crippen molar-refractivity contribution < 1.29 is 14.6 Å². The first-order chi connectivity index (χ1) is 11.1. The lowest BCUT2D eigenvalue weighted by Gasteiger charge is -2.19. The molecule has 0 unspecified atom stereocenters. The highest BCUT2D eigenvalue weighted by Crippen LogP contribution is 2.33. The summed E-state index contributed by atoms with van der Waals surface area (Å²) in [6, 6.07) is 11.9. The minimum Gasteiger partial charge on any atom is -0.493 e. The second-order valence-electron chi connectivity index (χ2n) is 5.37. The average Bonchev–Trinajstić information content (AvgIpc) is 2.83. The third kappa shape index (κ3) is 3.11. The van der Waals surface area contributed by atoms with Gasteiger partial charge in [-0.1, -0.05) is 41.9 Å². The van der Waals surface area contributed by atoms with Crippen molar-refractivity contribution in [3.63, 3.8) is 0 Å². The smallest absolute Gasteiger partial charge is 0.319 e. The summed E-state index contributed by atoms with van der Waals surface area (Å²) in [4.78, 5) is 12.3. The normalized spacial score (nSPS) is 19.1. The Morgan fingerprint density at radius 3 is 2.83 bits per heavy atom. The second-order valence-corrected chi connectivity index (χ2v) is 5.77. The maximum absolute atomic E-state index is 12.3. The fourth-order valence-electron chi connectivity index (χ4n) is 2.86. The molecule has 0 spiro atoms. The number of amides is 2. The molecular formula is C17H17ClN2O3. The molecule has 2 atom stereocenters. The van der Waals surface area contributed by atoms with E-state index in [1.54, 1.807) is 18.2 Å². The molecule has 0 aliphatic heterocycles. The van der Waals surface area contributed by atoms with Crippen molar-refractivity contribution in [1.82, 2.24) is 5.32 Å². The van der Waals surface area contributed by atoms with Gasteiger partial charge in [0.1, 0.15) is 0 Å². The molecule has 0 aromatic heterocycles. The van der Waals surface area contributed by atoms with E-state index < -0.39 is 18.2 Å². The van der Waals surface area contributed by atoms with Crippen LogP contribution in [-0.4, -0.2) is 24.4 Å². The third-order valence-electron chi connectivity index (χ3n) is 3.91. The number of hydrogen-bond donors (Lipinski definition) is 3. The number of hydrogen-bond acceptors (Lipinski definition) is 3. The predicted molar refractivity (Wildman–Crippen MR) is 89.1 cm³/mol. The molecule has 1 aliphatic carbocycles. The van der Waals surface area contributed by atoms with Crippen LogP contribution in [0.15, 0.2) is 42.5 Å². The third-order valence-corrected chi connectivity index (χ3v) is 4.21. The summed E-state index contributed by atoms with van der Waals surface area (Å²) in [5.74, 6) is 0.400. The van der Waals surface area contributed by atoms with Gasteiger partial charge in [-0.15, -0.1) is 0 Å². The molecule has 0 bridgehead atoms. The maximum atomic E-state index is 12.3. The summed E-state index contributed by atoms with van der Waals surface area (Å²) in [7, 11) is 1.49. The lowest BCUT2D eigenvalue weighted by Crippen LogP contribution is -2.36. The summed E-state index contributed by atoms with van der Waals surface area (Å²) < 4.78 is 5.20. The first-order valence-corrected chi connectivity index (χ1v) is 7.64. The van der Waals surface area contributed by atoms with E-state index in [1.807, 2.05) is 24.3 Å². The second kappa shape index (κ2) is 6.48. The van der Waals surface area contributed by atoms with E-state index in [1.165, 1.54) is 7.11 Å². The van der Waals surface area contributed by atoms with Gasteiger partial charge in [0.15, 0.2) is 5.75 Å². The zero-order valence-corrected chi connectivity index (χ0v) is 13.3. The Bertz CT molecular complexity index is 736. The number of rotatable bonds is 3. The summed E-state index contributed by atoms with van der Waals surface area (Å²) in [5.41, 5.74) is 2.46. The number of methoxy groups -OCH3 is 1. The van der Waals surface area contributed by atoms with Crippen LogP contribution < -0.4 is 15.4 Å². The van der Waals surface area contributed by atoms with Crippen LogP contribution in [0, 0.1) is 0 Å². The number of aliphatic hydroxyl groups is 1. The van der Waals surface area contributed by atoms with Gasteiger partial charge in [-0.3, -0.25) is 0 Å². The fraction of sp³-hybridized carbons (Fsp3) is 0.235. The molecular weight excluding hydrogens is 316 g/mol. The highest BCUT2D eigenvalue weighted by atomic mass is 35.5. The summed E-state index contributed by atoms with van der Waals surface area (Å²) in [5, 5.41) is 16.1. The number of carbonyl (C=O) groups excluding carboxylic acids is 1. The van der Waals surface area contributed by atoms with Crippen molar-refractivity contribution in [2.24, 2.45) is 0 Å². The van der Waals surface area contributed by atoms with E-state index in [4.69, 9.17) is 16.3 Å². The summed E-state index contributed by atoms with van der Waals surface area (Å²) in [6.07, 6.45) is -0.110. The van der Waals surface area contributed by atoms with Crippen molar-refractivity contribution >= 4 is 23.3 Å². The number of halogens is 1. The van der Waals surface area contributed by atoms with E-state index >= 15 is 0 Å². The quantitative estimate of drug-likeness (QED) is 0.808. The van der Waals surface area contributed by atoms with Crippen LogP contribution in [0.4, 0.5) is 10.5 Å². The van der Waals surface area contributed by atoms with Crippen molar-refractivity contribution in [2.45, 2.75) is 18.6 Å². The maximum Gasteiger partial charge on any atom is 0.319 e. The van der Waals surface area contributed by atoms with Crippen molar-refractivity contribution in [3.05, 3.63) is 58.6 Å². The zero-order valence-electron chi connectivity index (χ0n) is 12.5. The van der Waals surface area contributed by atoms with E-state index in [-0.39, 0.29) is 0 Å². The molecule has 23 heavy (non-hydrogen) atoms. The van der Waals surface area contributed by atoms with Crippen LogP contribution in [0.5, 0.6) is 5.75 Å². The van der Waals surface area contributed by atoms with Gasteiger partial charge in [0.25, 0.3) is 0 Å². The number of aliphatic hydroxyl groups excluding tert-OH is 1. The van der Waals surface area contributed by atoms with Gasteiger partial charge in [-0.05, 0) is 23.3 Å². The van der Waals surface area contributed by atoms with E-state index in [2.05, 4.69) is 10.6 Å². The number of anilines is 1. The minimum absolute atomic E-state index is 0.400. The molecule has 2 aromatic rings. The molecule has 2 amide bonds. The number of benzene rings is 2. The number of fused-ring (bicyclic) bond motifs is 1. The Morgan fingerprint density at radius 2 is 2.04 bits per heavy atom. The van der Waals surface area contributed by atoms with E-state index in [9.17, 15) is 9.90 Å². The fourth-order valence-corrected chi connectivity index (χ4v) is 3.11. The standard InChI is InChI=1S/C17H17ClN2O3/c1-23-16-12(18)7-4-8-13(16)19-17(22)20-15-11-6-3-2-5-10(11)9-14(15)21/h2-8,14-15,21H,9H2,1H3,(H2,19,20,22)/t14-,15+/m0/s1. The highest BCUT2D eigenvalue weighted by Gasteiger charge is 2.32. The van der Waals surface area contributed by atoms with Crippen LogP contribution in [0.1, 0.15) is 17.2 Å². The molecule has 0 heterocycles. The molecule has 2 aromatic carbocycles. The molecule has 3 rings (SSSR count). The van der Waals surface area contributed by atoms with Crippen LogP contribution in [0.25, 0.3) is 0 Å². The minimum atomic E-state index is -0.639. The SMILES string of the molecule is COc1c(Cl)cccc1NC(=O)N[C@@H]1c2ccccc2C[C@@H]1O. The van der Waals surface area contributed by atoms with Gasteiger partial charge in [-0.25, -0.2) is 4.79 Å². The van der Waals surface area contributed by atoms with Crippen LogP contribution in [0.3, 0.4) is 0 Å². The van der Waals surface area contributed by atoms with Gasteiger partial charge >= 0.3 is 6.03 Å². The largest absolute Gasteiger partial charge is 0.493 e. The topological polar surface area (TPSA) is 70.6 Å². The molecule has 6 heteroatoms. The number of ether oxygens (including phenoxy) is 1. The lowest BCUT2D eigenvalue weighted by molar-refractivity contribution is 0.144. The first-order valence-electron chi connectivity index (χ1n) is 7.26. The van der Waals surface area contributed by atoms with E-state index in [0.29, 0.717) is 22.9 Å². The van der Waals surface area contributed by atoms with Crippen LogP contribution in [-0.2, 0) is 6.42 Å². The Balaban J connectivity index is 1.75. The molecule has 1 aliphatic rings. The lowest BCUT2D eigenvalue weighted by atomic mass is 10.1. The Labute approximate surface area is 139 Å². The Hall–Kier alpha value is -2.24. The number of urea groups is 1. The van der Waals surface area contributed by atoms with Crippen LogP contribution >= 0.6 is 11.6 Å². The van der Waals surface area contributed by atoms with Gasteiger partial charge in [0, 0.05) is 6.42 Å². The van der Waals surface area contributed by atoms with Crippen molar-refractivity contribution in [3.8, 4) is 5.75 Å². The number of carbonyl (C=O) groups is 1. The monoisotopic (exact) mass is 332 g/mol. The van der Waals surface area contributed by atoms with Crippen molar-refractivity contribution in [2.75, 3.05) is 12.4 Å². The first kappa shape index (κ1) is 15.6. The van der Waals surface area contributed by atoms with Gasteiger partial charge < -0.3 is 20.5 Å². The summed E-state index contributed by atoms with van der Waals surface area (Å²) in [6.45, 7) is 0. The molecule has 0 fully saturated rings. The molecule has 0 saturated carbocycles. The molecule has 3 N–H and O–H groups in total. The Morgan fingerprint density at radius 1 is 1.26 bits per heavy atom. The van der Waals surface area contributed by atoms with Crippen molar-refractivity contribution in [1.29, 1.82) is 0 Å². The Kier molecular flexibility index (Phi) is 4.41. The average molecular weight is 333 g/mol. The molecule has 0 radical (unpaired) electrons.